The monoisotopic (exact) mass is 609 g/mol. The summed E-state index contributed by atoms with van der Waals surface area (Å²) in [5.41, 5.74) is 1.46. The summed E-state index contributed by atoms with van der Waals surface area (Å²) >= 11 is 0. The van der Waals surface area contributed by atoms with E-state index in [2.05, 4.69) is 14.8 Å². The molecule has 0 spiro atoms. The molecule has 2 aliphatic heterocycles. The number of halogens is 3. The van der Waals surface area contributed by atoms with Crippen molar-refractivity contribution < 1.29 is 32.3 Å². The molecule has 0 unspecified atom stereocenters. The van der Waals surface area contributed by atoms with E-state index in [0.29, 0.717) is 25.3 Å². The normalized spacial score (nSPS) is 17.1. The van der Waals surface area contributed by atoms with Crippen molar-refractivity contribution >= 4 is 11.5 Å². The SMILES string of the molecule is O=[N+]([O-])c1cn2c(n1)O[C@H](COc1ccc(N3CCN(Cc4ccc(Oc5cccc(C(F)(F)F)c5)cc4)CC3)cc1)CC2. The summed E-state index contributed by atoms with van der Waals surface area (Å²) in [6, 6.07) is 20.4. The van der Waals surface area contributed by atoms with E-state index in [1.165, 1.54) is 18.3 Å². The van der Waals surface area contributed by atoms with Crippen LogP contribution < -0.4 is 19.1 Å². The van der Waals surface area contributed by atoms with Crippen LogP contribution in [0.25, 0.3) is 0 Å². The zero-order valence-electron chi connectivity index (χ0n) is 23.7. The quantitative estimate of drug-likeness (QED) is 0.165. The van der Waals surface area contributed by atoms with E-state index in [1.807, 2.05) is 36.4 Å². The van der Waals surface area contributed by atoms with Crippen molar-refractivity contribution in [2.24, 2.45) is 0 Å². The number of anilines is 1. The van der Waals surface area contributed by atoms with Gasteiger partial charge in [-0.3, -0.25) is 9.47 Å². The maximum Gasteiger partial charge on any atom is 0.416 e. The molecule has 10 nitrogen and oxygen atoms in total. The van der Waals surface area contributed by atoms with Crippen LogP contribution in [0.15, 0.2) is 79.0 Å². The van der Waals surface area contributed by atoms with Gasteiger partial charge in [0, 0.05) is 56.4 Å². The molecule has 4 aromatic rings. The second-order valence-electron chi connectivity index (χ2n) is 10.7. The van der Waals surface area contributed by atoms with Crippen LogP contribution in [-0.4, -0.2) is 58.3 Å². The molecule has 13 heteroatoms. The fourth-order valence-corrected chi connectivity index (χ4v) is 5.24. The van der Waals surface area contributed by atoms with Gasteiger partial charge in [0.1, 0.15) is 36.2 Å². The highest BCUT2D eigenvalue weighted by atomic mass is 19.4. The molecule has 3 aromatic carbocycles. The van der Waals surface area contributed by atoms with Gasteiger partial charge in [-0.1, -0.05) is 18.2 Å². The molecule has 2 aliphatic rings. The molecule has 0 radical (unpaired) electrons. The Balaban J connectivity index is 0.942. The highest BCUT2D eigenvalue weighted by molar-refractivity contribution is 5.49. The molecule has 6 rings (SSSR count). The number of ether oxygens (including phenoxy) is 3. The molecule has 3 heterocycles. The minimum atomic E-state index is -4.42. The first-order valence-electron chi connectivity index (χ1n) is 14.2. The number of rotatable bonds is 9. The van der Waals surface area contributed by atoms with Crippen LogP contribution in [0, 0.1) is 10.1 Å². The molecular formula is C31H30F3N5O5. The second-order valence-corrected chi connectivity index (χ2v) is 10.7. The lowest BCUT2D eigenvalue weighted by Crippen LogP contribution is -2.45. The summed E-state index contributed by atoms with van der Waals surface area (Å²) in [7, 11) is 0. The molecule has 1 atom stereocenters. The number of fused-ring (bicyclic) bond motifs is 1. The second kappa shape index (κ2) is 12.4. The lowest BCUT2D eigenvalue weighted by atomic mass is 10.1. The molecule has 0 aliphatic carbocycles. The van der Waals surface area contributed by atoms with Crippen molar-refractivity contribution in [3.8, 4) is 23.3 Å². The third-order valence-electron chi connectivity index (χ3n) is 7.61. The van der Waals surface area contributed by atoms with Gasteiger partial charge in [-0.05, 0) is 65.1 Å². The zero-order valence-corrected chi connectivity index (χ0v) is 23.7. The van der Waals surface area contributed by atoms with Gasteiger partial charge >= 0.3 is 18.0 Å². The van der Waals surface area contributed by atoms with E-state index < -0.39 is 16.7 Å². The Morgan fingerprint density at radius 1 is 0.932 bits per heavy atom. The first-order chi connectivity index (χ1) is 21.2. The van der Waals surface area contributed by atoms with Crippen LogP contribution in [0.3, 0.4) is 0 Å². The Morgan fingerprint density at radius 2 is 1.66 bits per heavy atom. The fourth-order valence-electron chi connectivity index (χ4n) is 5.24. The Bertz CT molecular complexity index is 1590. The number of nitrogens with zero attached hydrogens (tertiary/aromatic N) is 5. The lowest BCUT2D eigenvalue weighted by molar-refractivity contribution is -0.389. The Labute approximate surface area is 251 Å². The van der Waals surface area contributed by atoms with Crippen LogP contribution in [0.2, 0.25) is 0 Å². The molecular weight excluding hydrogens is 579 g/mol. The Hall–Kier alpha value is -4.78. The summed E-state index contributed by atoms with van der Waals surface area (Å²) < 4.78 is 57.9. The van der Waals surface area contributed by atoms with Crippen LogP contribution in [-0.2, 0) is 19.3 Å². The maximum absolute atomic E-state index is 13.0. The van der Waals surface area contributed by atoms with Gasteiger partial charge in [0.2, 0.25) is 0 Å². The zero-order chi connectivity index (χ0) is 30.7. The minimum absolute atomic E-state index is 0.144. The number of hydrogen-bond donors (Lipinski definition) is 0. The Kier molecular flexibility index (Phi) is 8.29. The van der Waals surface area contributed by atoms with E-state index in [1.54, 1.807) is 16.7 Å². The maximum atomic E-state index is 13.0. The van der Waals surface area contributed by atoms with Gasteiger partial charge in [-0.15, -0.1) is 0 Å². The number of benzene rings is 3. The first kappa shape index (κ1) is 29.3. The van der Waals surface area contributed by atoms with Crippen molar-refractivity contribution in [2.45, 2.75) is 31.8 Å². The third kappa shape index (κ3) is 7.05. The molecule has 44 heavy (non-hydrogen) atoms. The standard InChI is InChI=1S/C31H30F3N5O5/c32-31(33,34)23-2-1-3-27(18-23)43-26-8-4-22(5-9-26)19-36-14-16-37(17-15-36)24-6-10-25(11-7-24)42-21-28-12-13-38-20-29(39(40)41)35-30(38)44-28/h1-11,18,20,28H,12-17,19,21H2/t28-/m0/s1. The van der Waals surface area contributed by atoms with Gasteiger partial charge in [-0.25, -0.2) is 0 Å². The largest absolute Gasteiger partial charge is 0.490 e. The highest BCUT2D eigenvalue weighted by Gasteiger charge is 2.31. The average Bonchev–Trinajstić information content (AvgIpc) is 3.46. The molecule has 0 saturated carbocycles. The molecule has 0 amide bonds. The molecule has 0 N–H and O–H groups in total. The topological polar surface area (TPSA) is 95.1 Å². The van der Waals surface area contributed by atoms with E-state index in [9.17, 15) is 23.3 Å². The van der Waals surface area contributed by atoms with Crippen molar-refractivity contribution in [3.05, 3.63) is 100 Å². The van der Waals surface area contributed by atoms with Crippen LogP contribution >= 0.6 is 0 Å². The van der Waals surface area contributed by atoms with Crippen molar-refractivity contribution in [1.29, 1.82) is 0 Å². The fraction of sp³-hybridized carbons (Fsp3) is 0.323. The predicted molar refractivity (Wildman–Crippen MR) is 155 cm³/mol. The number of piperazine rings is 1. The van der Waals surface area contributed by atoms with Crippen LogP contribution in [0.1, 0.15) is 17.5 Å². The van der Waals surface area contributed by atoms with E-state index >= 15 is 0 Å². The van der Waals surface area contributed by atoms with Gasteiger partial charge < -0.3 is 29.2 Å². The molecule has 1 saturated heterocycles. The van der Waals surface area contributed by atoms with Crippen LogP contribution in [0.5, 0.6) is 23.3 Å². The molecule has 0 bridgehead atoms. The number of aromatic nitrogens is 2. The highest BCUT2D eigenvalue weighted by Crippen LogP contribution is 2.33. The number of hydrogen-bond acceptors (Lipinski definition) is 8. The van der Waals surface area contributed by atoms with E-state index in [4.69, 9.17) is 14.2 Å². The number of imidazole rings is 1. The van der Waals surface area contributed by atoms with Gasteiger partial charge in [0.15, 0.2) is 0 Å². The van der Waals surface area contributed by atoms with E-state index in [0.717, 1.165) is 61.9 Å². The molecule has 1 fully saturated rings. The number of aryl methyl sites for hydroxylation is 1. The van der Waals surface area contributed by atoms with Crippen molar-refractivity contribution in [3.63, 3.8) is 0 Å². The Morgan fingerprint density at radius 3 is 2.36 bits per heavy atom. The third-order valence-corrected chi connectivity index (χ3v) is 7.61. The molecule has 1 aromatic heterocycles. The minimum Gasteiger partial charge on any atom is -0.490 e. The average molecular weight is 610 g/mol. The van der Waals surface area contributed by atoms with Gasteiger partial charge in [-0.2, -0.15) is 13.2 Å². The lowest BCUT2D eigenvalue weighted by Gasteiger charge is -2.36. The van der Waals surface area contributed by atoms with Gasteiger partial charge in [0.05, 0.1) is 5.56 Å². The first-order valence-corrected chi connectivity index (χ1v) is 14.2. The van der Waals surface area contributed by atoms with Crippen molar-refractivity contribution in [1.82, 2.24) is 14.5 Å². The number of nitro groups is 1. The molecule has 230 valence electrons. The summed E-state index contributed by atoms with van der Waals surface area (Å²) in [6.07, 6.45) is -2.61. The van der Waals surface area contributed by atoms with Gasteiger partial charge in [0.25, 0.3) is 0 Å². The summed E-state index contributed by atoms with van der Waals surface area (Å²) in [6.45, 7) is 5.16. The van der Waals surface area contributed by atoms with Crippen molar-refractivity contribution in [2.75, 3.05) is 37.7 Å². The predicted octanol–water partition coefficient (Wildman–Crippen LogP) is 6.15. The van der Waals surface area contributed by atoms with E-state index in [-0.39, 0.29) is 23.7 Å². The summed E-state index contributed by atoms with van der Waals surface area (Å²) in [5, 5.41) is 10.9. The summed E-state index contributed by atoms with van der Waals surface area (Å²) in [4.78, 5) is 19.0. The number of alkyl halides is 3. The summed E-state index contributed by atoms with van der Waals surface area (Å²) in [5.74, 6) is 1.12. The smallest absolute Gasteiger partial charge is 0.416 e. The van der Waals surface area contributed by atoms with Crippen LogP contribution in [0.4, 0.5) is 24.7 Å².